The van der Waals surface area contributed by atoms with E-state index in [-0.39, 0.29) is 16.8 Å². The summed E-state index contributed by atoms with van der Waals surface area (Å²) in [6.45, 7) is 4.02. The second kappa shape index (κ2) is 9.85. The van der Waals surface area contributed by atoms with E-state index in [1.807, 2.05) is 17.7 Å². The van der Waals surface area contributed by atoms with Crippen LogP contribution in [-0.2, 0) is 28.3 Å². The van der Waals surface area contributed by atoms with Gasteiger partial charge in [0.05, 0.1) is 15.9 Å². The number of amides is 1. The molecule has 1 aromatic heterocycles. The number of carbonyl (C=O) groups excluding carboxylic acids is 1. The number of benzene rings is 2. The van der Waals surface area contributed by atoms with Gasteiger partial charge >= 0.3 is 0 Å². The molecule has 1 fully saturated rings. The zero-order chi connectivity index (χ0) is 24.5. The van der Waals surface area contributed by atoms with Crippen LogP contribution in [0.4, 0.5) is 0 Å². The van der Waals surface area contributed by atoms with Gasteiger partial charge in [-0.1, -0.05) is 30.3 Å². The third-order valence-electron chi connectivity index (χ3n) is 6.71. The molecule has 0 saturated carbocycles. The van der Waals surface area contributed by atoms with Crippen LogP contribution in [0.2, 0.25) is 0 Å². The highest BCUT2D eigenvalue weighted by Crippen LogP contribution is 2.25. The van der Waals surface area contributed by atoms with Crippen molar-refractivity contribution in [2.24, 2.45) is 7.05 Å². The van der Waals surface area contributed by atoms with Crippen LogP contribution in [0, 0.1) is 0 Å². The highest BCUT2D eigenvalue weighted by molar-refractivity contribution is 7.89. The number of imidazole rings is 1. The molecule has 1 amide bonds. The molecule has 1 aliphatic rings. The van der Waals surface area contributed by atoms with Crippen LogP contribution in [0.3, 0.4) is 0 Å². The van der Waals surface area contributed by atoms with Crippen molar-refractivity contribution in [3.63, 3.8) is 0 Å². The largest absolute Gasteiger partial charge is 0.352 e. The smallest absolute Gasteiger partial charge is 0.242 e. The lowest BCUT2D eigenvalue weighted by Gasteiger charge is -2.24. The molecule has 2 atom stereocenters. The van der Waals surface area contributed by atoms with Crippen molar-refractivity contribution in [2.75, 3.05) is 27.2 Å². The van der Waals surface area contributed by atoms with Gasteiger partial charge < -0.3 is 9.88 Å². The summed E-state index contributed by atoms with van der Waals surface area (Å²) in [6.07, 6.45) is 1.77. The van der Waals surface area contributed by atoms with Gasteiger partial charge in [-0.25, -0.2) is 17.7 Å². The summed E-state index contributed by atoms with van der Waals surface area (Å²) < 4.78 is 28.0. The molecule has 0 aliphatic carbocycles. The third kappa shape index (κ3) is 5.01. The molecule has 9 heteroatoms. The number of likely N-dealkylation sites (tertiary alicyclic amines) is 1. The molecule has 2 aromatic carbocycles. The number of nitrogens with zero attached hydrogens (tertiary/aromatic N) is 4. The number of carbonyl (C=O) groups is 1. The number of aromatic nitrogens is 2. The van der Waals surface area contributed by atoms with Crippen LogP contribution in [0.5, 0.6) is 0 Å². The number of hydrogen-bond donors (Lipinski definition) is 1. The quantitative estimate of drug-likeness (QED) is 0.532. The Kier molecular flexibility index (Phi) is 7.06. The third-order valence-corrected chi connectivity index (χ3v) is 8.52. The van der Waals surface area contributed by atoms with Crippen LogP contribution < -0.4 is 5.32 Å². The minimum Gasteiger partial charge on any atom is -0.352 e. The van der Waals surface area contributed by atoms with Gasteiger partial charge in [0, 0.05) is 59.2 Å². The first-order chi connectivity index (χ1) is 16.2. The minimum absolute atomic E-state index is 0.0159. The second-order valence-corrected chi connectivity index (χ2v) is 11.3. The van der Waals surface area contributed by atoms with Gasteiger partial charge in [-0.15, -0.1) is 0 Å². The first kappa shape index (κ1) is 24.4. The first-order valence-electron chi connectivity index (χ1n) is 11.6. The van der Waals surface area contributed by atoms with Crippen LogP contribution in [0.25, 0.3) is 11.0 Å². The maximum atomic E-state index is 12.7. The van der Waals surface area contributed by atoms with E-state index in [2.05, 4.69) is 46.4 Å². The number of fused-ring (bicyclic) bond motifs is 1. The number of nitrogens with one attached hydrogen (secondary N) is 1. The molecule has 0 radical (unpaired) electrons. The lowest BCUT2D eigenvalue weighted by atomic mass is 10.1. The molecular formula is C25H33N5O3S. The number of aryl methyl sites for hydroxylation is 2. The lowest BCUT2D eigenvalue weighted by Crippen LogP contribution is -2.37. The summed E-state index contributed by atoms with van der Waals surface area (Å²) in [5.41, 5.74) is 2.74. The Morgan fingerprint density at radius 1 is 1.21 bits per heavy atom. The van der Waals surface area contributed by atoms with E-state index < -0.39 is 10.0 Å². The molecule has 182 valence electrons. The molecular weight excluding hydrogens is 450 g/mol. The standard InChI is InChI=1S/C25H33N5O3S/c1-18(19-8-6-5-7-9-19)30-15-14-20(17-30)26-25(31)13-12-24-27-22-16-21(34(32,33)28(2)3)10-11-23(22)29(24)4/h5-11,16,18,20H,12-15,17H2,1-4H3,(H,26,31). The van der Waals surface area contributed by atoms with E-state index in [4.69, 9.17) is 0 Å². The Hall–Kier alpha value is -2.75. The van der Waals surface area contributed by atoms with E-state index in [9.17, 15) is 13.2 Å². The minimum atomic E-state index is -3.52. The summed E-state index contributed by atoms with van der Waals surface area (Å²) in [5.74, 6) is 0.775. The zero-order valence-electron chi connectivity index (χ0n) is 20.2. The predicted octanol–water partition coefficient (Wildman–Crippen LogP) is 2.71. The average Bonchev–Trinajstić information content (AvgIpc) is 3.41. The molecule has 1 saturated heterocycles. The van der Waals surface area contributed by atoms with Gasteiger partial charge in [-0.3, -0.25) is 9.69 Å². The Morgan fingerprint density at radius 2 is 1.94 bits per heavy atom. The Balaban J connectivity index is 1.35. The number of hydrogen-bond acceptors (Lipinski definition) is 5. The Labute approximate surface area is 201 Å². The summed E-state index contributed by atoms with van der Waals surface area (Å²) in [4.78, 5) is 19.9. The summed E-state index contributed by atoms with van der Waals surface area (Å²) in [6, 6.07) is 15.9. The summed E-state index contributed by atoms with van der Waals surface area (Å²) in [5, 5.41) is 3.18. The molecule has 2 unspecified atom stereocenters. The Bertz CT molecular complexity index is 1270. The van der Waals surface area contributed by atoms with E-state index in [1.165, 1.54) is 24.0 Å². The molecule has 8 nitrogen and oxygen atoms in total. The average molecular weight is 484 g/mol. The van der Waals surface area contributed by atoms with Crippen molar-refractivity contribution in [1.29, 1.82) is 0 Å². The van der Waals surface area contributed by atoms with Crippen LogP contribution in [0.15, 0.2) is 53.4 Å². The Morgan fingerprint density at radius 3 is 2.65 bits per heavy atom. The van der Waals surface area contributed by atoms with Gasteiger partial charge in [0.15, 0.2) is 0 Å². The first-order valence-corrected chi connectivity index (χ1v) is 13.1. The maximum Gasteiger partial charge on any atom is 0.242 e. The monoisotopic (exact) mass is 483 g/mol. The van der Waals surface area contributed by atoms with Gasteiger partial charge in [-0.2, -0.15) is 0 Å². The predicted molar refractivity (Wildman–Crippen MR) is 133 cm³/mol. The summed E-state index contributed by atoms with van der Waals surface area (Å²) in [7, 11) is 1.38. The topological polar surface area (TPSA) is 87.5 Å². The normalized spacial score (nSPS) is 18.0. The van der Waals surface area contributed by atoms with Gasteiger partial charge in [0.1, 0.15) is 5.82 Å². The van der Waals surface area contributed by atoms with E-state index >= 15 is 0 Å². The number of sulfonamides is 1. The van der Waals surface area contributed by atoms with Crippen LogP contribution in [-0.4, -0.2) is 66.3 Å². The highest BCUT2D eigenvalue weighted by Gasteiger charge is 2.27. The zero-order valence-corrected chi connectivity index (χ0v) is 21.0. The van der Waals surface area contributed by atoms with Crippen LogP contribution in [0.1, 0.15) is 37.2 Å². The van der Waals surface area contributed by atoms with E-state index in [0.717, 1.165) is 30.9 Å². The fraction of sp³-hybridized carbons (Fsp3) is 0.440. The fourth-order valence-corrected chi connectivity index (χ4v) is 5.47. The summed E-state index contributed by atoms with van der Waals surface area (Å²) >= 11 is 0. The highest BCUT2D eigenvalue weighted by atomic mass is 32.2. The fourth-order valence-electron chi connectivity index (χ4n) is 4.55. The van der Waals surface area contributed by atoms with Gasteiger partial charge in [0.2, 0.25) is 15.9 Å². The van der Waals surface area contributed by atoms with Crippen molar-refractivity contribution in [3.05, 3.63) is 59.9 Å². The molecule has 2 heterocycles. The van der Waals surface area contributed by atoms with Crippen LogP contribution >= 0.6 is 0 Å². The molecule has 1 aliphatic heterocycles. The van der Waals surface area contributed by atoms with E-state index in [0.29, 0.717) is 24.4 Å². The second-order valence-electron chi connectivity index (χ2n) is 9.16. The van der Waals surface area contributed by atoms with Gasteiger partial charge in [0.25, 0.3) is 0 Å². The molecule has 0 spiro atoms. The van der Waals surface area contributed by atoms with Gasteiger partial charge in [-0.05, 0) is 37.1 Å². The molecule has 0 bridgehead atoms. The van der Waals surface area contributed by atoms with Crippen molar-refractivity contribution < 1.29 is 13.2 Å². The molecule has 34 heavy (non-hydrogen) atoms. The number of rotatable bonds is 8. The molecule has 4 rings (SSSR count). The van der Waals surface area contributed by atoms with E-state index in [1.54, 1.807) is 18.2 Å². The van der Waals surface area contributed by atoms with Crippen molar-refractivity contribution in [1.82, 2.24) is 24.1 Å². The molecule has 3 aromatic rings. The molecule has 1 N–H and O–H groups in total. The maximum absolute atomic E-state index is 12.7. The van der Waals surface area contributed by atoms with Crippen molar-refractivity contribution >= 4 is 27.0 Å². The van der Waals surface area contributed by atoms with Crippen molar-refractivity contribution in [3.8, 4) is 0 Å². The van der Waals surface area contributed by atoms with Crippen molar-refractivity contribution in [2.45, 2.75) is 43.2 Å². The lowest BCUT2D eigenvalue weighted by molar-refractivity contribution is -0.121. The SMILES string of the molecule is CC(c1ccccc1)N1CCC(NC(=O)CCc2nc3cc(S(=O)(=O)N(C)C)ccc3n2C)C1.